The van der Waals surface area contributed by atoms with Gasteiger partial charge in [0.15, 0.2) is 0 Å². The predicted molar refractivity (Wildman–Crippen MR) is 110 cm³/mol. The Balaban J connectivity index is 1.99. The lowest BCUT2D eigenvalue weighted by molar-refractivity contribution is -0.287. The van der Waals surface area contributed by atoms with Crippen LogP contribution in [0.4, 0.5) is 0 Å². The number of carbonyl (C=O) groups is 1. The van der Waals surface area contributed by atoms with E-state index in [9.17, 15) is 4.79 Å². The van der Waals surface area contributed by atoms with E-state index in [2.05, 4.69) is 59.0 Å². The topological polar surface area (TPSA) is 35.5 Å². The minimum atomic E-state index is -1.64. The summed E-state index contributed by atoms with van der Waals surface area (Å²) in [4.78, 5) is 23.0. The molecule has 2 rings (SSSR count). The van der Waals surface area contributed by atoms with Crippen LogP contribution in [0.1, 0.15) is 64.2 Å². The lowest BCUT2D eigenvalue weighted by Crippen LogP contribution is -2.44. The van der Waals surface area contributed by atoms with E-state index in [1.165, 1.54) is 11.6 Å². The zero-order valence-electron chi connectivity index (χ0n) is 17.0. The normalized spacial score (nSPS) is 22.7. The van der Waals surface area contributed by atoms with Gasteiger partial charge in [-0.2, -0.15) is 4.89 Å². The number of benzene rings is 1. The minimum absolute atomic E-state index is 0.0158. The zero-order valence-corrected chi connectivity index (χ0v) is 18.0. The fraction of sp³-hybridized carbons (Fsp3) is 0.591. The first-order valence-electron chi connectivity index (χ1n) is 9.87. The summed E-state index contributed by atoms with van der Waals surface area (Å²) in [5.74, 6) is 0.174. The van der Waals surface area contributed by atoms with Crippen LogP contribution >= 0.6 is 0 Å². The highest BCUT2D eigenvalue weighted by atomic mass is 28.3. The van der Waals surface area contributed by atoms with Crippen molar-refractivity contribution in [2.45, 2.75) is 72.1 Å². The van der Waals surface area contributed by atoms with Crippen molar-refractivity contribution in [3.05, 3.63) is 42.1 Å². The van der Waals surface area contributed by atoms with E-state index in [1.54, 1.807) is 0 Å². The average Bonchev–Trinajstić information content (AvgIpc) is 2.60. The maximum atomic E-state index is 12.3. The van der Waals surface area contributed by atoms with Crippen molar-refractivity contribution in [1.29, 1.82) is 0 Å². The Hall–Kier alpha value is -1.39. The fourth-order valence-electron chi connectivity index (χ4n) is 4.49. The molecule has 1 fully saturated rings. The first-order chi connectivity index (χ1) is 12.2. The van der Waals surface area contributed by atoms with Gasteiger partial charge in [-0.05, 0) is 42.7 Å². The molecule has 0 bridgehead atoms. The Morgan fingerprint density at radius 1 is 1.23 bits per heavy atom. The molecule has 1 aromatic carbocycles. The Labute approximate surface area is 159 Å². The highest BCUT2D eigenvalue weighted by Gasteiger charge is 2.34. The van der Waals surface area contributed by atoms with Crippen molar-refractivity contribution in [3.63, 3.8) is 0 Å². The molecule has 3 nitrogen and oxygen atoms in total. The average molecular weight is 375 g/mol. The molecule has 2 atom stereocenters. The summed E-state index contributed by atoms with van der Waals surface area (Å²) in [5.41, 5.74) is 2.92. The van der Waals surface area contributed by atoms with E-state index < -0.39 is 14.0 Å². The molecule has 4 heteroatoms. The predicted octanol–water partition coefficient (Wildman–Crippen LogP) is 5.41. The van der Waals surface area contributed by atoms with Crippen molar-refractivity contribution in [1.82, 2.24) is 0 Å². The van der Waals surface area contributed by atoms with Gasteiger partial charge in [-0.15, -0.1) is 6.58 Å². The standard InChI is InChI=1S/C22H34O3Si/c1-7-26(8-2,9-3)20-12-10-18(11-13-20)21(23)25-24-19-14-17(4)15-22(5,6)16-19/h7,10-13,17,19H,1,8-9,14-16H2,2-6H3. The first kappa shape index (κ1) is 20.9. The highest BCUT2D eigenvalue weighted by molar-refractivity contribution is 6.95. The summed E-state index contributed by atoms with van der Waals surface area (Å²) < 4.78 is 0. The van der Waals surface area contributed by atoms with Gasteiger partial charge in [0.2, 0.25) is 0 Å². The van der Waals surface area contributed by atoms with E-state index >= 15 is 0 Å². The van der Waals surface area contributed by atoms with Gasteiger partial charge in [0.05, 0.1) is 5.56 Å². The summed E-state index contributed by atoms with van der Waals surface area (Å²) in [6, 6.07) is 10.1. The summed E-state index contributed by atoms with van der Waals surface area (Å²) in [7, 11) is -1.64. The fourth-order valence-corrected chi connectivity index (χ4v) is 7.45. The molecule has 1 saturated carbocycles. The number of rotatable bonds is 7. The molecule has 1 aliphatic rings. The third-order valence-electron chi connectivity index (χ3n) is 5.95. The van der Waals surface area contributed by atoms with Crippen molar-refractivity contribution < 1.29 is 14.6 Å². The van der Waals surface area contributed by atoms with Gasteiger partial charge in [0.25, 0.3) is 0 Å². The Bertz CT molecular complexity index is 617. The number of hydrogen-bond donors (Lipinski definition) is 0. The second-order valence-electron chi connectivity index (χ2n) is 8.65. The number of hydrogen-bond acceptors (Lipinski definition) is 3. The van der Waals surface area contributed by atoms with Crippen LogP contribution in [0.25, 0.3) is 0 Å². The molecule has 1 aliphatic carbocycles. The van der Waals surface area contributed by atoms with E-state index in [0.717, 1.165) is 24.9 Å². The molecule has 2 unspecified atom stereocenters. The smallest absolute Gasteiger partial charge is 0.293 e. The van der Waals surface area contributed by atoms with Crippen LogP contribution in [-0.2, 0) is 9.78 Å². The molecule has 144 valence electrons. The van der Waals surface area contributed by atoms with Gasteiger partial charge >= 0.3 is 5.97 Å². The number of carbonyl (C=O) groups excluding carboxylic acids is 1. The monoisotopic (exact) mass is 374 g/mol. The summed E-state index contributed by atoms with van der Waals surface area (Å²) in [6.07, 6.45) is 3.03. The summed E-state index contributed by atoms with van der Waals surface area (Å²) in [5, 5.41) is 1.32. The van der Waals surface area contributed by atoms with Crippen LogP contribution in [-0.4, -0.2) is 20.1 Å². The Morgan fingerprint density at radius 3 is 2.35 bits per heavy atom. The summed E-state index contributed by atoms with van der Waals surface area (Å²) in [6.45, 7) is 15.2. The van der Waals surface area contributed by atoms with E-state index in [0.29, 0.717) is 11.5 Å². The van der Waals surface area contributed by atoms with Gasteiger partial charge in [0, 0.05) is 0 Å². The van der Waals surface area contributed by atoms with Crippen LogP contribution < -0.4 is 5.19 Å². The van der Waals surface area contributed by atoms with Crippen LogP contribution in [0, 0.1) is 11.3 Å². The van der Waals surface area contributed by atoms with E-state index in [1.807, 2.05) is 12.1 Å². The molecule has 0 aliphatic heterocycles. The lowest BCUT2D eigenvalue weighted by Gasteiger charge is -2.37. The van der Waals surface area contributed by atoms with Crippen LogP contribution in [0.3, 0.4) is 0 Å². The molecule has 0 aromatic heterocycles. The molecule has 26 heavy (non-hydrogen) atoms. The van der Waals surface area contributed by atoms with Crippen molar-refractivity contribution in [2.75, 3.05) is 0 Å². The van der Waals surface area contributed by atoms with Gasteiger partial charge in [0.1, 0.15) is 14.2 Å². The molecule has 0 N–H and O–H groups in total. The SMILES string of the molecule is C=C[Si](CC)(CC)c1ccc(C(=O)OOC2CC(C)CC(C)(C)C2)cc1. The van der Waals surface area contributed by atoms with Crippen LogP contribution in [0.5, 0.6) is 0 Å². The van der Waals surface area contributed by atoms with Gasteiger partial charge in [-0.25, -0.2) is 4.79 Å². The molecule has 0 radical (unpaired) electrons. The molecule has 0 heterocycles. The minimum Gasteiger partial charge on any atom is -0.293 e. The maximum absolute atomic E-state index is 12.3. The third-order valence-corrected chi connectivity index (χ3v) is 10.7. The van der Waals surface area contributed by atoms with E-state index in [4.69, 9.17) is 9.78 Å². The second-order valence-corrected chi connectivity index (χ2v) is 13.4. The quantitative estimate of drug-likeness (QED) is 0.364. The lowest BCUT2D eigenvalue weighted by atomic mass is 9.71. The van der Waals surface area contributed by atoms with Crippen molar-refractivity contribution in [2.24, 2.45) is 11.3 Å². The van der Waals surface area contributed by atoms with Gasteiger partial charge in [-0.3, -0.25) is 4.89 Å². The first-order valence-corrected chi connectivity index (χ1v) is 12.4. The Kier molecular flexibility index (Phi) is 6.86. The molecular formula is C22H34O3Si. The van der Waals surface area contributed by atoms with Gasteiger partial charge < -0.3 is 0 Å². The third kappa shape index (κ3) is 4.86. The molecule has 0 saturated heterocycles. The second kappa shape index (κ2) is 8.53. The molecule has 0 spiro atoms. The van der Waals surface area contributed by atoms with Gasteiger partial charge in [-0.1, -0.05) is 69.7 Å². The summed E-state index contributed by atoms with van der Waals surface area (Å²) >= 11 is 0. The Morgan fingerprint density at radius 2 is 1.85 bits per heavy atom. The largest absolute Gasteiger partial charge is 0.373 e. The zero-order chi connectivity index (χ0) is 19.4. The molecular weight excluding hydrogens is 340 g/mol. The van der Waals surface area contributed by atoms with Crippen LogP contribution in [0.15, 0.2) is 36.5 Å². The molecule has 1 aromatic rings. The molecule has 0 amide bonds. The van der Waals surface area contributed by atoms with E-state index in [-0.39, 0.29) is 11.5 Å². The van der Waals surface area contributed by atoms with Crippen LogP contribution in [0.2, 0.25) is 12.1 Å². The van der Waals surface area contributed by atoms with Crippen molar-refractivity contribution in [3.8, 4) is 0 Å². The maximum Gasteiger partial charge on any atom is 0.373 e. The van der Waals surface area contributed by atoms with Crippen molar-refractivity contribution >= 4 is 19.2 Å². The highest BCUT2D eigenvalue weighted by Crippen LogP contribution is 2.39.